The van der Waals surface area contributed by atoms with Gasteiger partial charge in [0.15, 0.2) is 0 Å². The van der Waals surface area contributed by atoms with E-state index in [0.717, 1.165) is 18.2 Å². The van der Waals surface area contributed by atoms with Crippen LogP contribution >= 0.6 is 0 Å². The summed E-state index contributed by atoms with van der Waals surface area (Å²) in [5.41, 5.74) is -3.55. The fourth-order valence-electron chi connectivity index (χ4n) is 2.77. The van der Waals surface area contributed by atoms with Crippen LogP contribution in [0, 0.1) is 0 Å². The van der Waals surface area contributed by atoms with Crippen molar-refractivity contribution in [3.05, 3.63) is 35.4 Å². The maximum Gasteiger partial charge on any atom is 0.460 e. The minimum absolute atomic E-state index is 0.184. The molecular formula is C18H15F15O. The first-order valence-electron chi connectivity index (χ1n) is 8.90. The predicted molar refractivity (Wildman–Crippen MR) is 85.7 cm³/mol. The number of alkyl halides is 15. The summed E-state index contributed by atoms with van der Waals surface area (Å²) in [5.74, 6) is -47.0. The lowest BCUT2D eigenvalue weighted by atomic mass is 9.83. The van der Waals surface area contributed by atoms with Gasteiger partial charge in [-0.2, -0.15) is 65.9 Å². The first-order chi connectivity index (χ1) is 14.7. The number of halogens is 15. The summed E-state index contributed by atoms with van der Waals surface area (Å²) < 4.78 is 199. The third-order valence-electron chi connectivity index (χ3n) is 4.92. The smallest absolute Gasteiger partial charge is 0.385 e. The van der Waals surface area contributed by atoms with Crippen molar-refractivity contribution >= 4 is 0 Å². The minimum atomic E-state index is -8.35. The van der Waals surface area contributed by atoms with E-state index in [1.54, 1.807) is 0 Å². The molecule has 198 valence electrons. The molecule has 1 rings (SSSR count). The Labute approximate surface area is 181 Å². The standard InChI is InChI=1S/C18H15F15O/c1-3-9-5-4-6-10(7-9)11(2,34)8-12(19,20)13(21,22)14(23,24)15(25,26)16(27,28)17(29,30)18(31,32)33/h4-7,34H,3,8H2,1-2H3. The van der Waals surface area contributed by atoms with Gasteiger partial charge in [0.05, 0.1) is 12.0 Å². The van der Waals surface area contributed by atoms with Gasteiger partial charge in [-0.25, -0.2) is 0 Å². The second-order valence-corrected chi connectivity index (χ2v) is 7.58. The molecule has 1 N–H and O–H groups in total. The van der Waals surface area contributed by atoms with Crippen LogP contribution in [0.4, 0.5) is 65.9 Å². The Morgan fingerprint density at radius 1 is 0.647 bits per heavy atom. The summed E-state index contributed by atoms with van der Waals surface area (Å²) in [6.45, 7) is 1.85. The molecule has 0 aliphatic heterocycles. The molecule has 0 spiro atoms. The highest BCUT2D eigenvalue weighted by molar-refractivity contribution is 5.28. The molecule has 1 unspecified atom stereocenters. The summed E-state index contributed by atoms with van der Waals surface area (Å²) in [6, 6.07) is 4.21. The van der Waals surface area contributed by atoms with E-state index >= 15 is 0 Å². The van der Waals surface area contributed by atoms with Gasteiger partial charge in [-0.05, 0) is 24.5 Å². The number of aryl methyl sites for hydroxylation is 1. The largest absolute Gasteiger partial charge is 0.460 e. The van der Waals surface area contributed by atoms with Crippen LogP contribution in [0.25, 0.3) is 0 Å². The fourth-order valence-corrected chi connectivity index (χ4v) is 2.77. The minimum Gasteiger partial charge on any atom is -0.385 e. The van der Waals surface area contributed by atoms with Gasteiger partial charge in [0.2, 0.25) is 0 Å². The van der Waals surface area contributed by atoms with Gasteiger partial charge in [0, 0.05) is 0 Å². The lowest BCUT2D eigenvalue weighted by Crippen LogP contribution is -2.72. The van der Waals surface area contributed by atoms with Crippen molar-refractivity contribution < 1.29 is 71.0 Å². The van der Waals surface area contributed by atoms with E-state index in [4.69, 9.17) is 0 Å². The number of hydrogen-bond donors (Lipinski definition) is 1. The Kier molecular flexibility index (Phi) is 7.42. The Morgan fingerprint density at radius 3 is 1.47 bits per heavy atom. The van der Waals surface area contributed by atoms with E-state index in [1.807, 2.05) is 0 Å². The van der Waals surface area contributed by atoms with Crippen LogP contribution in [0.5, 0.6) is 0 Å². The van der Waals surface area contributed by atoms with Crippen LogP contribution in [0.1, 0.15) is 31.4 Å². The van der Waals surface area contributed by atoms with Crippen LogP contribution in [0.2, 0.25) is 0 Å². The molecule has 0 bridgehead atoms. The zero-order valence-electron chi connectivity index (χ0n) is 16.8. The van der Waals surface area contributed by atoms with Gasteiger partial charge in [0.25, 0.3) is 0 Å². The molecule has 1 atom stereocenters. The maximum absolute atomic E-state index is 14.1. The quantitative estimate of drug-likeness (QED) is 0.333. The average molecular weight is 532 g/mol. The SMILES string of the molecule is CCc1cccc(C(C)(O)CC(F)(F)C(F)(F)C(F)(F)C(F)(F)C(F)(F)C(F)(F)C(F)(F)F)c1. The molecule has 0 saturated heterocycles. The maximum atomic E-state index is 14.1. The van der Waals surface area contributed by atoms with E-state index in [-0.39, 0.29) is 6.42 Å². The lowest BCUT2D eigenvalue weighted by molar-refractivity contribution is -0.453. The van der Waals surface area contributed by atoms with Gasteiger partial charge < -0.3 is 5.11 Å². The Hall–Kier alpha value is -1.87. The van der Waals surface area contributed by atoms with E-state index in [1.165, 1.54) is 13.0 Å². The van der Waals surface area contributed by atoms with Gasteiger partial charge in [-0.1, -0.05) is 31.2 Å². The van der Waals surface area contributed by atoms with Crippen molar-refractivity contribution in [3.63, 3.8) is 0 Å². The van der Waals surface area contributed by atoms with Crippen LogP contribution in [0.3, 0.4) is 0 Å². The zero-order valence-corrected chi connectivity index (χ0v) is 16.8. The molecule has 0 fully saturated rings. The van der Waals surface area contributed by atoms with Crippen molar-refractivity contribution in [3.8, 4) is 0 Å². The van der Waals surface area contributed by atoms with Crippen molar-refractivity contribution in [1.82, 2.24) is 0 Å². The first-order valence-corrected chi connectivity index (χ1v) is 8.90. The second-order valence-electron chi connectivity index (χ2n) is 7.58. The molecule has 0 aromatic heterocycles. The molecule has 0 heterocycles. The van der Waals surface area contributed by atoms with Gasteiger partial charge in [-0.15, -0.1) is 0 Å². The molecule has 16 heteroatoms. The summed E-state index contributed by atoms with van der Waals surface area (Å²) in [4.78, 5) is 0. The second kappa shape index (κ2) is 8.36. The van der Waals surface area contributed by atoms with Gasteiger partial charge in [0.1, 0.15) is 0 Å². The molecule has 0 amide bonds. The summed E-state index contributed by atoms with van der Waals surface area (Å²) >= 11 is 0. The molecule has 0 radical (unpaired) electrons. The molecule has 34 heavy (non-hydrogen) atoms. The summed E-state index contributed by atoms with van der Waals surface area (Å²) in [6.07, 6.45) is -10.3. The average Bonchev–Trinajstić information content (AvgIpc) is 2.65. The van der Waals surface area contributed by atoms with Crippen molar-refractivity contribution in [2.24, 2.45) is 0 Å². The summed E-state index contributed by atoms with van der Waals surface area (Å²) in [5, 5.41) is 10.1. The Morgan fingerprint density at radius 2 is 1.06 bits per heavy atom. The molecule has 1 aromatic rings. The normalized spacial score (nSPS) is 17.0. The van der Waals surface area contributed by atoms with Crippen LogP contribution in [-0.2, 0) is 12.0 Å². The van der Waals surface area contributed by atoms with Crippen LogP contribution < -0.4 is 0 Å². The molecule has 0 aliphatic carbocycles. The Bertz CT molecular complexity index is 870. The van der Waals surface area contributed by atoms with Gasteiger partial charge in [-0.3, -0.25) is 0 Å². The summed E-state index contributed by atoms with van der Waals surface area (Å²) in [7, 11) is 0. The molecular weight excluding hydrogens is 517 g/mol. The topological polar surface area (TPSA) is 20.2 Å². The highest BCUT2D eigenvalue weighted by Crippen LogP contribution is 2.63. The molecule has 1 nitrogen and oxygen atoms in total. The third kappa shape index (κ3) is 4.41. The molecule has 0 saturated carbocycles. The fraction of sp³-hybridized carbons (Fsp3) is 0.667. The lowest BCUT2D eigenvalue weighted by Gasteiger charge is -2.42. The Balaban J connectivity index is 3.54. The van der Waals surface area contributed by atoms with E-state index in [0.29, 0.717) is 12.5 Å². The van der Waals surface area contributed by atoms with Crippen molar-refractivity contribution in [2.45, 2.75) is 74.0 Å². The highest BCUT2D eigenvalue weighted by Gasteiger charge is 2.93. The number of aliphatic hydroxyl groups is 1. The number of hydrogen-bond acceptors (Lipinski definition) is 1. The van der Waals surface area contributed by atoms with Crippen LogP contribution in [0.15, 0.2) is 24.3 Å². The van der Waals surface area contributed by atoms with Crippen LogP contribution in [-0.4, -0.2) is 46.8 Å². The molecule has 1 aromatic carbocycles. The van der Waals surface area contributed by atoms with E-state index < -0.39 is 59.3 Å². The van der Waals surface area contributed by atoms with Crippen molar-refractivity contribution in [1.29, 1.82) is 0 Å². The van der Waals surface area contributed by atoms with E-state index in [2.05, 4.69) is 0 Å². The molecule has 0 aliphatic rings. The number of benzene rings is 1. The van der Waals surface area contributed by atoms with Gasteiger partial charge >= 0.3 is 41.7 Å². The first kappa shape index (κ1) is 30.2. The van der Waals surface area contributed by atoms with Crippen molar-refractivity contribution in [2.75, 3.05) is 0 Å². The number of rotatable bonds is 9. The zero-order chi connectivity index (χ0) is 27.4. The third-order valence-corrected chi connectivity index (χ3v) is 4.92. The highest BCUT2D eigenvalue weighted by atomic mass is 19.4. The monoisotopic (exact) mass is 532 g/mol. The predicted octanol–water partition coefficient (Wildman–Crippen LogP) is 7.22. The van der Waals surface area contributed by atoms with E-state index in [9.17, 15) is 71.0 Å².